The van der Waals surface area contributed by atoms with Crippen LogP contribution in [0.1, 0.15) is 18.1 Å². The number of amidine groups is 2. The van der Waals surface area contributed by atoms with Crippen LogP contribution >= 0.6 is 0 Å². The van der Waals surface area contributed by atoms with Crippen LogP contribution < -0.4 is 5.32 Å². The fourth-order valence-corrected chi connectivity index (χ4v) is 2.92. The van der Waals surface area contributed by atoms with Gasteiger partial charge in [0.1, 0.15) is 17.8 Å². The molecule has 0 amide bonds. The second kappa shape index (κ2) is 6.73. The molecule has 4 rings (SSSR count). The van der Waals surface area contributed by atoms with Crippen LogP contribution in [-0.4, -0.2) is 17.8 Å². The van der Waals surface area contributed by atoms with E-state index in [4.69, 9.17) is 0 Å². The molecule has 0 saturated heterocycles. The van der Waals surface area contributed by atoms with Crippen LogP contribution in [0.25, 0.3) is 11.1 Å². The van der Waals surface area contributed by atoms with E-state index in [9.17, 15) is 0 Å². The monoisotopic (exact) mass is 325 g/mol. The second-order valence-electron chi connectivity index (χ2n) is 6.02. The number of rotatable bonds is 3. The molecule has 3 aromatic carbocycles. The molecule has 1 heterocycles. The zero-order chi connectivity index (χ0) is 17.1. The molecule has 0 aliphatic carbocycles. The first-order chi connectivity index (χ1) is 12.3. The van der Waals surface area contributed by atoms with Crippen molar-refractivity contribution in [1.82, 2.24) is 5.32 Å². The van der Waals surface area contributed by atoms with Crippen molar-refractivity contribution in [1.29, 1.82) is 0 Å². The first kappa shape index (κ1) is 15.3. The Hall–Kier alpha value is -3.20. The third kappa shape index (κ3) is 3.36. The number of hydrogen-bond donors (Lipinski definition) is 1. The van der Waals surface area contributed by atoms with Gasteiger partial charge in [-0.15, -0.1) is 0 Å². The lowest BCUT2D eigenvalue weighted by Crippen LogP contribution is -2.37. The first-order valence-corrected chi connectivity index (χ1v) is 8.43. The van der Waals surface area contributed by atoms with Gasteiger partial charge in [0.15, 0.2) is 0 Å². The Bertz CT molecular complexity index is 911. The van der Waals surface area contributed by atoms with Crippen LogP contribution in [-0.2, 0) is 0 Å². The predicted octanol–water partition coefficient (Wildman–Crippen LogP) is 4.50. The summed E-state index contributed by atoms with van der Waals surface area (Å²) in [4.78, 5) is 9.26. The SMILES string of the molecule is CC1N=C(c2ccccc2)NC(c2ccc(-c3ccccc3)cc2)=N1. The second-order valence-corrected chi connectivity index (χ2v) is 6.02. The molecule has 1 atom stereocenters. The zero-order valence-corrected chi connectivity index (χ0v) is 14.1. The quantitative estimate of drug-likeness (QED) is 0.756. The third-order valence-electron chi connectivity index (χ3n) is 4.18. The van der Waals surface area contributed by atoms with E-state index in [2.05, 4.69) is 76.0 Å². The van der Waals surface area contributed by atoms with E-state index >= 15 is 0 Å². The first-order valence-electron chi connectivity index (χ1n) is 8.43. The summed E-state index contributed by atoms with van der Waals surface area (Å²) in [6.07, 6.45) is -0.0970. The van der Waals surface area contributed by atoms with Gasteiger partial charge < -0.3 is 5.32 Å². The Morgan fingerprint density at radius 2 is 0.960 bits per heavy atom. The van der Waals surface area contributed by atoms with Crippen molar-refractivity contribution in [2.45, 2.75) is 13.1 Å². The van der Waals surface area contributed by atoms with Crippen LogP contribution in [0.4, 0.5) is 0 Å². The number of benzene rings is 3. The van der Waals surface area contributed by atoms with E-state index in [0.717, 1.165) is 22.8 Å². The molecule has 25 heavy (non-hydrogen) atoms. The summed E-state index contributed by atoms with van der Waals surface area (Å²) in [6.45, 7) is 2.00. The summed E-state index contributed by atoms with van der Waals surface area (Å²) in [5.74, 6) is 1.73. The highest BCUT2D eigenvalue weighted by Gasteiger charge is 2.16. The fourth-order valence-electron chi connectivity index (χ4n) is 2.92. The number of nitrogens with one attached hydrogen (secondary N) is 1. The summed E-state index contributed by atoms with van der Waals surface area (Å²) in [5, 5.41) is 3.38. The van der Waals surface area contributed by atoms with E-state index in [0.29, 0.717) is 0 Å². The van der Waals surface area contributed by atoms with Gasteiger partial charge in [-0.25, -0.2) is 9.98 Å². The number of aliphatic imine (C=N–C) groups is 2. The van der Waals surface area contributed by atoms with Gasteiger partial charge in [0.25, 0.3) is 0 Å². The molecule has 0 aromatic heterocycles. The molecular formula is C22H19N3. The van der Waals surface area contributed by atoms with E-state index in [-0.39, 0.29) is 6.17 Å². The van der Waals surface area contributed by atoms with Crippen LogP contribution in [0, 0.1) is 0 Å². The van der Waals surface area contributed by atoms with Crippen molar-refractivity contribution in [3.63, 3.8) is 0 Å². The maximum atomic E-state index is 4.65. The molecule has 1 N–H and O–H groups in total. The maximum absolute atomic E-state index is 4.65. The normalized spacial score (nSPS) is 16.6. The molecule has 1 unspecified atom stereocenters. The molecule has 0 radical (unpaired) electrons. The Morgan fingerprint density at radius 1 is 0.560 bits per heavy atom. The average molecular weight is 325 g/mol. The minimum atomic E-state index is -0.0970. The van der Waals surface area contributed by atoms with Gasteiger partial charge in [-0.3, -0.25) is 0 Å². The number of nitrogens with zero attached hydrogens (tertiary/aromatic N) is 2. The fraction of sp³-hybridized carbons (Fsp3) is 0.0909. The number of hydrogen-bond acceptors (Lipinski definition) is 3. The van der Waals surface area contributed by atoms with Gasteiger partial charge in [0.2, 0.25) is 0 Å². The smallest absolute Gasteiger partial charge is 0.141 e. The van der Waals surface area contributed by atoms with Crippen molar-refractivity contribution in [3.05, 3.63) is 96.1 Å². The van der Waals surface area contributed by atoms with Gasteiger partial charge in [-0.05, 0) is 18.1 Å². The Morgan fingerprint density at radius 3 is 1.52 bits per heavy atom. The highest BCUT2D eigenvalue weighted by molar-refractivity contribution is 6.15. The van der Waals surface area contributed by atoms with Gasteiger partial charge in [-0.2, -0.15) is 0 Å². The molecule has 0 fully saturated rings. The van der Waals surface area contributed by atoms with Gasteiger partial charge >= 0.3 is 0 Å². The minimum Gasteiger partial charge on any atom is -0.324 e. The van der Waals surface area contributed by atoms with Crippen LogP contribution in [0.2, 0.25) is 0 Å². The minimum absolute atomic E-state index is 0.0970. The lowest BCUT2D eigenvalue weighted by atomic mass is 10.0. The molecule has 1 aliphatic heterocycles. The largest absolute Gasteiger partial charge is 0.324 e. The topological polar surface area (TPSA) is 36.8 Å². The zero-order valence-electron chi connectivity index (χ0n) is 14.1. The van der Waals surface area contributed by atoms with Crippen LogP contribution in [0.3, 0.4) is 0 Å². The molecule has 0 bridgehead atoms. The molecular weight excluding hydrogens is 306 g/mol. The summed E-state index contributed by atoms with van der Waals surface area (Å²) >= 11 is 0. The van der Waals surface area contributed by atoms with Crippen LogP contribution in [0.5, 0.6) is 0 Å². The molecule has 3 nitrogen and oxygen atoms in total. The lowest BCUT2D eigenvalue weighted by molar-refractivity contribution is 0.771. The van der Waals surface area contributed by atoms with Crippen LogP contribution in [0.15, 0.2) is 94.9 Å². The summed E-state index contributed by atoms with van der Waals surface area (Å²) < 4.78 is 0. The summed E-state index contributed by atoms with van der Waals surface area (Å²) in [6, 6.07) is 29.0. The Balaban J connectivity index is 1.60. The lowest BCUT2D eigenvalue weighted by Gasteiger charge is -2.20. The van der Waals surface area contributed by atoms with E-state index in [1.54, 1.807) is 0 Å². The van der Waals surface area contributed by atoms with Crippen molar-refractivity contribution >= 4 is 11.7 Å². The van der Waals surface area contributed by atoms with E-state index < -0.39 is 0 Å². The molecule has 3 heteroatoms. The van der Waals surface area contributed by atoms with Gasteiger partial charge in [-0.1, -0.05) is 84.9 Å². The van der Waals surface area contributed by atoms with Gasteiger partial charge in [0, 0.05) is 11.1 Å². The summed E-state index contributed by atoms with van der Waals surface area (Å²) in [5.41, 5.74) is 4.55. The standard InChI is InChI=1S/C22H19N3/c1-16-23-21(19-10-6-3-7-11-19)25-22(24-16)20-14-12-18(13-15-20)17-8-4-2-5-9-17/h2-16H,1H3,(H,23,24,25). The maximum Gasteiger partial charge on any atom is 0.141 e. The Labute approximate surface area is 147 Å². The molecule has 1 aliphatic rings. The molecule has 122 valence electrons. The highest BCUT2D eigenvalue weighted by atomic mass is 15.2. The van der Waals surface area contributed by atoms with Crippen molar-refractivity contribution in [2.75, 3.05) is 0 Å². The predicted molar refractivity (Wildman–Crippen MR) is 104 cm³/mol. The van der Waals surface area contributed by atoms with Crippen molar-refractivity contribution in [2.24, 2.45) is 9.98 Å². The van der Waals surface area contributed by atoms with Crippen molar-refractivity contribution in [3.8, 4) is 11.1 Å². The highest BCUT2D eigenvalue weighted by Crippen LogP contribution is 2.20. The summed E-state index contributed by atoms with van der Waals surface area (Å²) in [7, 11) is 0. The molecule has 0 spiro atoms. The molecule has 0 saturated carbocycles. The van der Waals surface area contributed by atoms with E-state index in [1.165, 1.54) is 11.1 Å². The van der Waals surface area contributed by atoms with Crippen molar-refractivity contribution < 1.29 is 0 Å². The third-order valence-corrected chi connectivity index (χ3v) is 4.18. The van der Waals surface area contributed by atoms with E-state index in [1.807, 2.05) is 31.2 Å². The Kier molecular flexibility index (Phi) is 4.13. The van der Waals surface area contributed by atoms with Gasteiger partial charge in [0.05, 0.1) is 0 Å². The molecule has 3 aromatic rings. The average Bonchev–Trinajstić information content (AvgIpc) is 2.69.